The van der Waals surface area contributed by atoms with Gasteiger partial charge in [-0.2, -0.15) is 0 Å². The van der Waals surface area contributed by atoms with E-state index in [-0.39, 0.29) is 43.4 Å². The average Bonchev–Trinajstić information content (AvgIpc) is 3.36. The predicted octanol–water partition coefficient (Wildman–Crippen LogP) is 1.66. The molecule has 1 aliphatic rings. The normalized spacial score (nSPS) is 24.3. The summed E-state index contributed by atoms with van der Waals surface area (Å²) in [6, 6.07) is -0.540. The van der Waals surface area contributed by atoms with Crippen LogP contribution in [0.15, 0.2) is 12.4 Å². The Morgan fingerprint density at radius 1 is 1.10 bits per heavy atom. The molecule has 0 unspecified atom stereocenters. The first-order chi connectivity index (χ1) is 18.6. The number of nitrogens with zero attached hydrogens (tertiary/aromatic N) is 4. The van der Waals surface area contributed by atoms with E-state index < -0.39 is 24.4 Å². The second kappa shape index (κ2) is 16.9. The minimum absolute atomic E-state index is 0.00437. The van der Waals surface area contributed by atoms with E-state index in [1.54, 1.807) is 11.1 Å². The van der Waals surface area contributed by atoms with E-state index in [1.807, 2.05) is 29.5 Å². The van der Waals surface area contributed by atoms with Gasteiger partial charge in [0.2, 0.25) is 11.8 Å². The predicted molar refractivity (Wildman–Crippen MR) is 147 cm³/mol. The Balaban J connectivity index is 2.31. The second-order valence-corrected chi connectivity index (χ2v) is 11.0. The van der Waals surface area contributed by atoms with Crippen molar-refractivity contribution in [3.05, 3.63) is 18.2 Å². The van der Waals surface area contributed by atoms with Crippen molar-refractivity contribution in [2.24, 2.45) is 5.92 Å². The topological polar surface area (TPSA) is 127 Å². The minimum atomic E-state index is -1.26. The van der Waals surface area contributed by atoms with E-state index in [9.17, 15) is 19.8 Å². The summed E-state index contributed by atoms with van der Waals surface area (Å²) in [7, 11) is 2.93. The van der Waals surface area contributed by atoms with E-state index in [1.165, 1.54) is 14.2 Å². The van der Waals surface area contributed by atoms with Gasteiger partial charge in [-0.1, -0.05) is 27.7 Å². The summed E-state index contributed by atoms with van der Waals surface area (Å²) in [6.45, 7) is 10.1. The quantitative estimate of drug-likeness (QED) is 0.472. The molecule has 0 aromatic carbocycles. The molecular formula is C28H50N4O7. The third-order valence-electron chi connectivity index (χ3n) is 7.13. The van der Waals surface area contributed by atoms with Gasteiger partial charge in [0.1, 0.15) is 30.7 Å². The SMILES string of the molecule is COCC(=O)N1CCN(C(=O)CCn2ccnc2C(C)C)CCCCOC[C@H](O)[C@H](O)[C@@H](OC)[C@@H]1CC(C)C. The lowest BCUT2D eigenvalue weighted by atomic mass is 9.92. The van der Waals surface area contributed by atoms with Crippen molar-refractivity contribution in [3.8, 4) is 0 Å². The number of aromatic nitrogens is 2. The molecule has 2 N–H and O–H groups in total. The Labute approximate surface area is 233 Å². The van der Waals surface area contributed by atoms with Crippen molar-refractivity contribution in [3.63, 3.8) is 0 Å². The summed E-state index contributed by atoms with van der Waals surface area (Å²) in [6.07, 6.45) is 2.64. The summed E-state index contributed by atoms with van der Waals surface area (Å²) in [5.41, 5.74) is 0. The van der Waals surface area contributed by atoms with E-state index in [0.29, 0.717) is 45.5 Å². The van der Waals surface area contributed by atoms with Gasteiger partial charge in [-0.25, -0.2) is 4.98 Å². The zero-order valence-electron chi connectivity index (χ0n) is 24.6. The molecule has 4 atom stereocenters. The van der Waals surface area contributed by atoms with Gasteiger partial charge >= 0.3 is 0 Å². The summed E-state index contributed by atoms with van der Waals surface area (Å²) >= 11 is 0. The number of carbonyl (C=O) groups excluding carboxylic acids is 2. The van der Waals surface area contributed by atoms with Gasteiger partial charge in [0, 0.05) is 71.7 Å². The molecule has 11 heteroatoms. The number of aliphatic hydroxyl groups is 2. The van der Waals surface area contributed by atoms with Crippen LogP contribution in [0.1, 0.15) is 65.1 Å². The van der Waals surface area contributed by atoms with Crippen LogP contribution in [0.3, 0.4) is 0 Å². The van der Waals surface area contributed by atoms with Crippen LogP contribution in [-0.2, 0) is 30.3 Å². The first-order valence-electron chi connectivity index (χ1n) is 14.1. The number of amides is 2. The van der Waals surface area contributed by atoms with E-state index in [4.69, 9.17) is 14.2 Å². The molecule has 2 heterocycles. The van der Waals surface area contributed by atoms with Gasteiger partial charge in [0.05, 0.1) is 12.6 Å². The number of rotatable bonds is 9. The lowest BCUT2D eigenvalue weighted by molar-refractivity contribution is -0.153. The van der Waals surface area contributed by atoms with Crippen molar-refractivity contribution in [2.75, 3.05) is 53.7 Å². The fraction of sp³-hybridized carbons (Fsp3) is 0.821. The molecule has 1 fully saturated rings. The Hall–Kier alpha value is -2.05. The molecule has 1 aromatic heterocycles. The number of aliphatic hydroxyl groups excluding tert-OH is 2. The number of hydrogen-bond acceptors (Lipinski definition) is 8. The molecule has 0 bridgehead atoms. The fourth-order valence-corrected chi connectivity index (χ4v) is 5.13. The molecule has 11 nitrogen and oxygen atoms in total. The molecule has 0 spiro atoms. The molecule has 0 aliphatic carbocycles. The largest absolute Gasteiger partial charge is 0.388 e. The Morgan fingerprint density at radius 2 is 1.85 bits per heavy atom. The van der Waals surface area contributed by atoms with Crippen LogP contribution in [0, 0.1) is 5.92 Å². The van der Waals surface area contributed by atoms with Gasteiger partial charge in [-0.15, -0.1) is 0 Å². The number of ether oxygens (including phenoxy) is 3. The second-order valence-electron chi connectivity index (χ2n) is 11.0. The number of methoxy groups -OCH3 is 2. The lowest BCUT2D eigenvalue weighted by Gasteiger charge is -2.41. The van der Waals surface area contributed by atoms with Crippen molar-refractivity contribution in [2.45, 2.75) is 90.2 Å². The van der Waals surface area contributed by atoms with Crippen LogP contribution in [0.2, 0.25) is 0 Å². The molecule has 39 heavy (non-hydrogen) atoms. The standard InChI is InChI=1S/C28H50N4O7/c1-20(2)17-22-27(38-6)26(36)23(33)18-39-16-8-7-11-30(14-15-32(22)25(35)19-37-5)24(34)9-12-31-13-10-29-28(31)21(3)4/h10,13,20-23,26-27,33,36H,7-9,11-12,14-19H2,1-6H3/t22-,23-,26-,27-/m0/s1. The van der Waals surface area contributed by atoms with Gasteiger partial charge < -0.3 is 38.8 Å². The van der Waals surface area contributed by atoms with Crippen molar-refractivity contribution in [1.82, 2.24) is 19.4 Å². The molecule has 2 amide bonds. The molecule has 0 radical (unpaired) electrons. The van der Waals surface area contributed by atoms with Crippen molar-refractivity contribution in [1.29, 1.82) is 0 Å². The third kappa shape index (κ3) is 10.1. The zero-order valence-corrected chi connectivity index (χ0v) is 24.6. The van der Waals surface area contributed by atoms with Gasteiger partial charge in [-0.3, -0.25) is 9.59 Å². The smallest absolute Gasteiger partial charge is 0.248 e. The highest BCUT2D eigenvalue weighted by atomic mass is 16.5. The highest BCUT2D eigenvalue weighted by Crippen LogP contribution is 2.23. The van der Waals surface area contributed by atoms with Gasteiger partial charge in [0.25, 0.3) is 0 Å². The van der Waals surface area contributed by atoms with Crippen LogP contribution in [0.25, 0.3) is 0 Å². The first-order valence-corrected chi connectivity index (χ1v) is 14.1. The van der Waals surface area contributed by atoms with E-state index in [2.05, 4.69) is 18.8 Å². The molecule has 1 aromatic rings. The number of imidazole rings is 1. The highest BCUT2D eigenvalue weighted by Gasteiger charge is 2.39. The Kier molecular flexibility index (Phi) is 14.4. The number of hydrogen-bond donors (Lipinski definition) is 2. The van der Waals surface area contributed by atoms with Crippen LogP contribution >= 0.6 is 0 Å². The van der Waals surface area contributed by atoms with Crippen LogP contribution in [-0.4, -0.2) is 119 Å². The lowest BCUT2D eigenvalue weighted by Crippen LogP contribution is -2.57. The summed E-state index contributed by atoms with van der Waals surface area (Å²) in [4.78, 5) is 34.6. The fourth-order valence-electron chi connectivity index (χ4n) is 5.13. The Morgan fingerprint density at radius 3 is 2.49 bits per heavy atom. The minimum Gasteiger partial charge on any atom is -0.388 e. The van der Waals surface area contributed by atoms with E-state index in [0.717, 1.165) is 12.2 Å². The van der Waals surface area contributed by atoms with E-state index >= 15 is 0 Å². The van der Waals surface area contributed by atoms with Crippen LogP contribution in [0.4, 0.5) is 0 Å². The highest BCUT2D eigenvalue weighted by molar-refractivity contribution is 5.78. The molecule has 1 saturated heterocycles. The maximum atomic E-state index is 13.4. The average molecular weight is 555 g/mol. The summed E-state index contributed by atoms with van der Waals surface area (Å²) in [5.74, 6) is 1.12. The maximum absolute atomic E-state index is 13.4. The molecule has 2 rings (SSSR count). The Bertz CT molecular complexity index is 863. The van der Waals surface area contributed by atoms with Crippen LogP contribution < -0.4 is 0 Å². The van der Waals surface area contributed by atoms with Crippen LogP contribution in [0.5, 0.6) is 0 Å². The summed E-state index contributed by atoms with van der Waals surface area (Å²) in [5, 5.41) is 21.7. The monoisotopic (exact) mass is 554 g/mol. The van der Waals surface area contributed by atoms with Gasteiger partial charge in [0.15, 0.2) is 0 Å². The van der Waals surface area contributed by atoms with Crippen molar-refractivity contribution < 1.29 is 34.0 Å². The first kappa shape index (κ1) is 33.2. The number of aryl methyl sites for hydroxylation is 1. The van der Waals surface area contributed by atoms with Crippen molar-refractivity contribution >= 4 is 11.8 Å². The summed E-state index contributed by atoms with van der Waals surface area (Å²) < 4.78 is 18.5. The maximum Gasteiger partial charge on any atom is 0.248 e. The van der Waals surface area contributed by atoms with Gasteiger partial charge in [-0.05, 0) is 25.2 Å². The molecule has 224 valence electrons. The molecular weight excluding hydrogens is 504 g/mol. The molecule has 0 saturated carbocycles. The molecule has 1 aliphatic heterocycles. The number of carbonyl (C=O) groups is 2. The zero-order chi connectivity index (χ0) is 28.9. The third-order valence-corrected chi connectivity index (χ3v) is 7.13.